The molecule has 3 unspecified atom stereocenters. The van der Waals surface area contributed by atoms with Gasteiger partial charge in [0.2, 0.25) is 0 Å². The van der Waals surface area contributed by atoms with Gasteiger partial charge in [0.25, 0.3) is 0 Å². The first-order chi connectivity index (χ1) is 18.5. The molecule has 4 heteroatoms. The maximum atomic E-state index is 12.7. The molecule has 4 nitrogen and oxygen atoms in total. The van der Waals surface area contributed by atoms with Gasteiger partial charge in [-0.05, 0) is 76.0 Å². The minimum absolute atomic E-state index is 0.0460. The number of rotatable bonds is 10. The zero-order chi connectivity index (χ0) is 29.5. The molecule has 0 saturated heterocycles. The predicted octanol–water partition coefficient (Wildman–Crippen LogP) is 8.73. The number of carbonyl (C=O) groups excluding carboxylic acids is 4. The molecule has 39 heavy (non-hydrogen) atoms. The lowest BCUT2D eigenvalue weighted by molar-refractivity contribution is -0.129. The van der Waals surface area contributed by atoms with Crippen LogP contribution in [0.25, 0.3) is 0 Å². The van der Waals surface area contributed by atoms with Gasteiger partial charge in [0.15, 0.2) is 11.6 Å². The highest BCUT2D eigenvalue weighted by molar-refractivity contribution is 6.00. The van der Waals surface area contributed by atoms with Gasteiger partial charge in [-0.3, -0.25) is 19.2 Å². The standard InChI is InChI=1S/C23H32O3.C9H10O.C3H8/c1-5-8-18(20(6-2)21(25)11-16(4)24)12-17-13-19-10-7-9-15(3)23(19)22(26)14-17;1-7-4-3-5-9(6-7)8(2)10;1-3-2/h7,9-10,17-18,20H,5-6,8,11-14H2,1-4H3;3-6H,1-2H3;3H2,1-2H3. The van der Waals surface area contributed by atoms with Gasteiger partial charge >= 0.3 is 0 Å². The van der Waals surface area contributed by atoms with Gasteiger partial charge in [0, 0.05) is 23.5 Å². The third-order valence-electron chi connectivity index (χ3n) is 7.19. The fourth-order valence-electron chi connectivity index (χ4n) is 5.56. The Morgan fingerprint density at radius 3 is 2.08 bits per heavy atom. The molecule has 2 aromatic carbocycles. The Bertz CT molecular complexity index is 1100. The summed E-state index contributed by atoms with van der Waals surface area (Å²) in [5, 5.41) is 0. The smallest absolute Gasteiger partial charge is 0.163 e. The summed E-state index contributed by atoms with van der Waals surface area (Å²) in [4.78, 5) is 47.4. The Morgan fingerprint density at radius 1 is 0.923 bits per heavy atom. The minimum Gasteiger partial charge on any atom is -0.300 e. The second-order valence-corrected chi connectivity index (χ2v) is 11.1. The summed E-state index contributed by atoms with van der Waals surface area (Å²) in [5.74, 6) is 0.899. The first-order valence-corrected chi connectivity index (χ1v) is 14.7. The van der Waals surface area contributed by atoms with Crippen molar-refractivity contribution < 1.29 is 19.2 Å². The quantitative estimate of drug-likeness (QED) is 0.226. The van der Waals surface area contributed by atoms with Gasteiger partial charge in [-0.15, -0.1) is 0 Å². The van der Waals surface area contributed by atoms with E-state index in [1.54, 1.807) is 6.92 Å². The highest BCUT2D eigenvalue weighted by Gasteiger charge is 2.32. The molecular weight excluding hydrogens is 484 g/mol. The average Bonchev–Trinajstić information content (AvgIpc) is 2.85. The van der Waals surface area contributed by atoms with Crippen LogP contribution in [0.5, 0.6) is 0 Å². The van der Waals surface area contributed by atoms with E-state index in [0.29, 0.717) is 12.3 Å². The van der Waals surface area contributed by atoms with Crippen LogP contribution in [0.3, 0.4) is 0 Å². The molecule has 1 aliphatic rings. The van der Waals surface area contributed by atoms with E-state index in [4.69, 9.17) is 0 Å². The highest BCUT2D eigenvalue weighted by atomic mass is 16.1. The summed E-state index contributed by atoms with van der Waals surface area (Å²) < 4.78 is 0. The predicted molar refractivity (Wildman–Crippen MR) is 162 cm³/mol. The molecule has 2 aromatic rings. The molecule has 3 rings (SSSR count). The number of carbonyl (C=O) groups is 4. The van der Waals surface area contributed by atoms with Crippen molar-refractivity contribution in [1.82, 2.24) is 0 Å². The van der Waals surface area contributed by atoms with Gasteiger partial charge < -0.3 is 0 Å². The van der Waals surface area contributed by atoms with Crippen molar-refractivity contribution in [3.63, 3.8) is 0 Å². The molecule has 0 amide bonds. The van der Waals surface area contributed by atoms with Crippen LogP contribution in [0.2, 0.25) is 0 Å². The lowest BCUT2D eigenvalue weighted by Crippen LogP contribution is -2.29. The van der Waals surface area contributed by atoms with Crippen molar-refractivity contribution in [1.29, 1.82) is 0 Å². The molecule has 0 heterocycles. The van der Waals surface area contributed by atoms with E-state index in [2.05, 4.69) is 26.8 Å². The van der Waals surface area contributed by atoms with Gasteiger partial charge in [-0.25, -0.2) is 0 Å². The highest BCUT2D eigenvalue weighted by Crippen LogP contribution is 2.36. The zero-order valence-electron chi connectivity index (χ0n) is 25.6. The summed E-state index contributed by atoms with van der Waals surface area (Å²) in [5.41, 5.74) is 5.06. The van der Waals surface area contributed by atoms with Gasteiger partial charge in [0.1, 0.15) is 11.6 Å². The van der Waals surface area contributed by atoms with Crippen LogP contribution in [-0.4, -0.2) is 23.1 Å². The third-order valence-corrected chi connectivity index (χ3v) is 7.19. The van der Waals surface area contributed by atoms with E-state index in [1.807, 2.05) is 57.2 Å². The normalized spacial score (nSPS) is 15.5. The van der Waals surface area contributed by atoms with Crippen molar-refractivity contribution in [2.24, 2.45) is 17.8 Å². The Balaban J connectivity index is 0.000000483. The summed E-state index contributed by atoms with van der Waals surface area (Å²) in [6.07, 6.45) is 6.46. The van der Waals surface area contributed by atoms with Crippen LogP contribution >= 0.6 is 0 Å². The Labute approximate surface area is 237 Å². The molecule has 3 atom stereocenters. The Hall–Kier alpha value is -2.88. The largest absolute Gasteiger partial charge is 0.300 e. The van der Waals surface area contributed by atoms with Crippen LogP contribution in [0.15, 0.2) is 42.5 Å². The van der Waals surface area contributed by atoms with Gasteiger partial charge in [0.05, 0.1) is 6.42 Å². The van der Waals surface area contributed by atoms with Crippen molar-refractivity contribution in [2.45, 2.75) is 107 Å². The monoisotopic (exact) mass is 534 g/mol. The first-order valence-electron chi connectivity index (χ1n) is 14.7. The molecule has 214 valence electrons. The van der Waals surface area contributed by atoms with E-state index >= 15 is 0 Å². The number of ketones is 4. The van der Waals surface area contributed by atoms with E-state index < -0.39 is 0 Å². The number of aryl methyl sites for hydroxylation is 2. The van der Waals surface area contributed by atoms with E-state index in [-0.39, 0.29) is 41.4 Å². The molecule has 0 bridgehead atoms. The summed E-state index contributed by atoms with van der Waals surface area (Å²) >= 11 is 0. The number of Topliss-reactive ketones (excluding diaryl/α,β-unsaturated/α-hetero) is 4. The van der Waals surface area contributed by atoms with Crippen molar-refractivity contribution in [3.05, 3.63) is 70.3 Å². The molecule has 0 aromatic heterocycles. The number of benzene rings is 2. The fraction of sp³-hybridized carbons (Fsp3) is 0.543. The molecule has 1 aliphatic carbocycles. The first kappa shape index (κ1) is 34.1. The maximum absolute atomic E-state index is 12.7. The maximum Gasteiger partial charge on any atom is 0.163 e. The van der Waals surface area contributed by atoms with Crippen molar-refractivity contribution >= 4 is 23.1 Å². The average molecular weight is 535 g/mol. The molecule has 0 saturated carbocycles. The fourth-order valence-corrected chi connectivity index (χ4v) is 5.56. The molecule has 0 radical (unpaired) electrons. The summed E-state index contributed by atoms with van der Waals surface area (Å²) in [7, 11) is 0. The van der Waals surface area contributed by atoms with Crippen molar-refractivity contribution in [3.8, 4) is 0 Å². The number of hydrogen-bond donors (Lipinski definition) is 0. The zero-order valence-corrected chi connectivity index (χ0v) is 25.6. The van der Waals surface area contributed by atoms with E-state index in [0.717, 1.165) is 59.9 Å². The number of hydrogen-bond acceptors (Lipinski definition) is 4. The van der Waals surface area contributed by atoms with E-state index in [1.165, 1.54) is 13.3 Å². The van der Waals surface area contributed by atoms with Crippen LogP contribution in [0.4, 0.5) is 0 Å². The molecule has 0 N–H and O–H groups in total. The topological polar surface area (TPSA) is 68.3 Å². The van der Waals surface area contributed by atoms with Crippen LogP contribution in [0.1, 0.15) is 124 Å². The van der Waals surface area contributed by atoms with Gasteiger partial charge in [-0.1, -0.05) is 88.9 Å². The lowest BCUT2D eigenvalue weighted by Gasteiger charge is -2.31. The molecule has 0 aliphatic heterocycles. The van der Waals surface area contributed by atoms with Gasteiger partial charge in [-0.2, -0.15) is 0 Å². The SMILES string of the molecule is CC(=O)c1cccc(C)c1.CCC.CCCC(CC1CC(=O)c2c(C)cccc2C1)C(CC)C(=O)CC(C)=O. The van der Waals surface area contributed by atoms with E-state index in [9.17, 15) is 19.2 Å². The second-order valence-electron chi connectivity index (χ2n) is 11.1. The summed E-state index contributed by atoms with van der Waals surface area (Å²) in [6, 6.07) is 13.7. The van der Waals surface area contributed by atoms with Crippen LogP contribution in [0, 0.1) is 31.6 Å². The molecular formula is C35H50O4. The summed E-state index contributed by atoms with van der Waals surface area (Å²) in [6.45, 7) is 15.5. The Kier molecular flexibility index (Phi) is 15.5. The lowest BCUT2D eigenvalue weighted by atomic mass is 9.72. The van der Waals surface area contributed by atoms with Crippen LogP contribution in [-0.2, 0) is 16.0 Å². The van der Waals surface area contributed by atoms with Crippen molar-refractivity contribution in [2.75, 3.05) is 0 Å². The molecule has 0 spiro atoms. The third kappa shape index (κ3) is 11.4. The Morgan fingerprint density at radius 2 is 1.56 bits per heavy atom. The molecule has 0 fully saturated rings. The second kappa shape index (κ2) is 17.7. The number of fused-ring (bicyclic) bond motifs is 1. The van der Waals surface area contributed by atoms with Crippen LogP contribution < -0.4 is 0 Å². The minimum atomic E-state index is -0.0622.